The lowest BCUT2D eigenvalue weighted by molar-refractivity contribution is -0.132. The van der Waals surface area contributed by atoms with Crippen LogP contribution in [0, 0.1) is 0 Å². The van der Waals surface area contributed by atoms with Crippen LogP contribution in [0.5, 0.6) is 0 Å². The summed E-state index contributed by atoms with van der Waals surface area (Å²) in [5, 5.41) is 11.5. The molecule has 20 heavy (non-hydrogen) atoms. The van der Waals surface area contributed by atoms with Gasteiger partial charge in [0.15, 0.2) is 0 Å². The Morgan fingerprint density at radius 3 is 2.55 bits per heavy atom. The first-order chi connectivity index (χ1) is 9.47. The zero-order valence-electron chi connectivity index (χ0n) is 11.6. The highest BCUT2D eigenvalue weighted by molar-refractivity contribution is 9.10. The van der Waals surface area contributed by atoms with Crippen LogP contribution < -0.4 is 5.32 Å². The number of hydrogen-bond donors (Lipinski definition) is 2. The van der Waals surface area contributed by atoms with Crippen molar-refractivity contribution in [3.05, 3.63) is 34.3 Å². The molecular weight excluding hydrogens is 324 g/mol. The van der Waals surface area contributed by atoms with Gasteiger partial charge in [0.2, 0.25) is 5.91 Å². The Morgan fingerprint density at radius 2 is 2.00 bits per heavy atom. The predicted octanol–water partition coefficient (Wildman–Crippen LogP) is 1.41. The highest BCUT2D eigenvalue weighted by atomic mass is 79.9. The van der Waals surface area contributed by atoms with Crippen molar-refractivity contribution in [3.63, 3.8) is 0 Å². The monoisotopic (exact) mass is 342 g/mol. The molecule has 5 nitrogen and oxygen atoms in total. The summed E-state index contributed by atoms with van der Waals surface area (Å²) in [4.78, 5) is 25.5. The third-order valence-electron chi connectivity index (χ3n) is 2.80. The van der Waals surface area contributed by atoms with Crippen molar-refractivity contribution in [2.24, 2.45) is 0 Å². The van der Waals surface area contributed by atoms with E-state index in [0.717, 1.165) is 0 Å². The van der Waals surface area contributed by atoms with E-state index >= 15 is 0 Å². The van der Waals surface area contributed by atoms with E-state index in [0.29, 0.717) is 10.0 Å². The summed E-state index contributed by atoms with van der Waals surface area (Å²) in [5.41, 5.74) is 0.485. The number of nitrogens with one attached hydrogen (secondary N) is 1. The Morgan fingerprint density at radius 1 is 1.35 bits per heavy atom. The van der Waals surface area contributed by atoms with Crippen molar-refractivity contribution < 1.29 is 14.7 Å². The molecule has 0 saturated heterocycles. The van der Waals surface area contributed by atoms with Gasteiger partial charge in [-0.2, -0.15) is 0 Å². The Balaban J connectivity index is 2.60. The molecule has 0 bridgehead atoms. The number of benzene rings is 1. The van der Waals surface area contributed by atoms with Crippen LogP contribution >= 0.6 is 15.9 Å². The molecule has 1 aromatic carbocycles. The largest absolute Gasteiger partial charge is 0.395 e. The van der Waals surface area contributed by atoms with E-state index in [9.17, 15) is 9.59 Å². The van der Waals surface area contributed by atoms with Crippen molar-refractivity contribution in [1.82, 2.24) is 10.2 Å². The van der Waals surface area contributed by atoms with Gasteiger partial charge in [-0.3, -0.25) is 9.59 Å². The Bertz CT molecular complexity index is 477. The minimum absolute atomic E-state index is 0.0185. The van der Waals surface area contributed by atoms with E-state index in [1.54, 1.807) is 18.2 Å². The molecule has 0 aliphatic rings. The lowest BCUT2D eigenvalue weighted by atomic mass is 10.2. The molecule has 0 atom stereocenters. The third kappa shape index (κ3) is 4.61. The molecule has 1 aromatic rings. The first-order valence-electron chi connectivity index (χ1n) is 6.40. The number of aliphatic hydroxyl groups excluding tert-OH is 1. The number of hydrogen-bond acceptors (Lipinski definition) is 3. The fourth-order valence-electron chi connectivity index (χ4n) is 1.78. The van der Waals surface area contributed by atoms with Crippen molar-refractivity contribution in [3.8, 4) is 0 Å². The minimum atomic E-state index is -0.307. The van der Waals surface area contributed by atoms with E-state index in [1.165, 1.54) is 4.90 Å². The Kier molecular flexibility index (Phi) is 6.67. The molecule has 0 unspecified atom stereocenters. The van der Waals surface area contributed by atoms with E-state index in [4.69, 9.17) is 5.11 Å². The fraction of sp³-hybridized carbons (Fsp3) is 0.429. The van der Waals surface area contributed by atoms with E-state index in [2.05, 4.69) is 21.2 Å². The van der Waals surface area contributed by atoms with E-state index in [1.807, 2.05) is 19.9 Å². The molecule has 0 radical (unpaired) electrons. The molecule has 0 aromatic heterocycles. The average Bonchev–Trinajstić information content (AvgIpc) is 2.42. The number of nitrogens with zero attached hydrogens (tertiary/aromatic N) is 1. The highest BCUT2D eigenvalue weighted by Crippen LogP contribution is 2.15. The maximum Gasteiger partial charge on any atom is 0.252 e. The molecule has 0 fully saturated rings. The molecular formula is C14H19BrN2O3. The predicted molar refractivity (Wildman–Crippen MR) is 80.4 cm³/mol. The van der Waals surface area contributed by atoms with Gasteiger partial charge in [0.05, 0.1) is 18.7 Å². The summed E-state index contributed by atoms with van der Waals surface area (Å²) in [5.74, 6) is -0.520. The molecule has 2 amide bonds. The Hall–Kier alpha value is -1.40. The minimum Gasteiger partial charge on any atom is -0.395 e. The second-order valence-corrected chi connectivity index (χ2v) is 5.42. The zero-order chi connectivity index (χ0) is 15.1. The molecule has 0 spiro atoms. The van der Waals surface area contributed by atoms with Crippen LogP contribution in [0.15, 0.2) is 28.7 Å². The van der Waals surface area contributed by atoms with Crippen molar-refractivity contribution in [1.29, 1.82) is 0 Å². The summed E-state index contributed by atoms with van der Waals surface area (Å²) in [7, 11) is 0. The van der Waals surface area contributed by atoms with Gasteiger partial charge in [0.1, 0.15) is 0 Å². The topological polar surface area (TPSA) is 69.6 Å². The van der Waals surface area contributed by atoms with E-state index < -0.39 is 0 Å². The van der Waals surface area contributed by atoms with Gasteiger partial charge in [-0.25, -0.2) is 0 Å². The summed E-state index contributed by atoms with van der Waals surface area (Å²) in [6.45, 7) is 3.81. The summed E-state index contributed by atoms with van der Waals surface area (Å²) >= 11 is 3.29. The molecule has 0 aliphatic carbocycles. The fourth-order valence-corrected chi connectivity index (χ4v) is 2.24. The van der Waals surface area contributed by atoms with Crippen LogP contribution in [0.1, 0.15) is 24.2 Å². The molecule has 1 rings (SSSR count). The number of carbonyl (C=O) groups is 2. The lowest BCUT2D eigenvalue weighted by Gasteiger charge is -2.26. The molecule has 0 aliphatic heterocycles. The molecule has 6 heteroatoms. The van der Waals surface area contributed by atoms with E-state index in [-0.39, 0.29) is 37.6 Å². The van der Waals surface area contributed by atoms with Crippen LogP contribution in [-0.2, 0) is 4.79 Å². The van der Waals surface area contributed by atoms with Crippen LogP contribution in [0.2, 0.25) is 0 Å². The highest BCUT2D eigenvalue weighted by Gasteiger charge is 2.17. The molecule has 0 heterocycles. The summed E-state index contributed by atoms with van der Waals surface area (Å²) < 4.78 is 0.682. The summed E-state index contributed by atoms with van der Waals surface area (Å²) in [6, 6.07) is 7.00. The number of halogens is 1. The lowest BCUT2D eigenvalue weighted by Crippen LogP contribution is -2.44. The quantitative estimate of drug-likeness (QED) is 0.821. The second kappa shape index (κ2) is 8.01. The number of rotatable bonds is 6. The van der Waals surface area contributed by atoms with Crippen molar-refractivity contribution in [2.45, 2.75) is 19.9 Å². The van der Waals surface area contributed by atoms with Gasteiger partial charge < -0.3 is 15.3 Å². The molecule has 110 valence electrons. The second-order valence-electron chi connectivity index (χ2n) is 4.57. The first-order valence-corrected chi connectivity index (χ1v) is 7.19. The van der Waals surface area contributed by atoms with Crippen molar-refractivity contribution in [2.75, 3.05) is 19.7 Å². The van der Waals surface area contributed by atoms with Gasteiger partial charge in [-0.15, -0.1) is 0 Å². The van der Waals surface area contributed by atoms with Crippen molar-refractivity contribution >= 4 is 27.7 Å². The number of carbonyl (C=O) groups excluding carboxylic acids is 2. The van der Waals surface area contributed by atoms with Gasteiger partial charge in [-0.05, 0) is 41.9 Å². The van der Waals surface area contributed by atoms with Gasteiger partial charge in [0.25, 0.3) is 5.91 Å². The Labute approximate surface area is 127 Å². The van der Waals surface area contributed by atoms with Crippen LogP contribution in [0.3, 0.4) is 0 Å². The molecule has 2 N–H and O–H groups in total. The number of amides is 2. The number of aliphatic hydroxyl groups is 1. The van der Waals surface area contributed by atoms with Gasteiger partial charge in [-0.1, -0.05) is 12.1 Å². The zero-order valence-corrected chi connectivity index (χ0v) is 13.2. The van der Waals surface area contributed by atoms with Gasteiger partial charge >= 0.3 is 0 Å². The molecule has 0 saturated carbocycles. The normalized spacial score (nSPS) is 10.4. The average molecular weight is 343 g/mol. The SMILES string of the molecule is CC(C)N(CCO)C(=O)CNC(=O)c1ccccc1Br. The van der Waals surface area contributed by atoms with Gasteiger partial charge in [0, 0.05) is 17.1 Å². The third-order valence-corrected chi connectivity index (χ3v) is 3.49. The smallest absolute Gasteiger partial charge is 0.252 e. The van der Waals surface area contributed by atoms with Crippen LogP contribution in [0.4, 0.5) is 0 Å². The van der Waals surface area contributed by atoms with Crippen LogP contribution in [0.25, 0.3) is 0 Å². The summed E-state index contributed by atoms with van der Waals surface area (Å²) in [6.07, 6.45) is 0. The van der Waals surface area contributed by atoms with Crippen LogP contribution in [-0.4, -0.2) is 47.6 Å². The standard InChI is InChI=1S/C14H19BrN2O3/c1-10(2)17(7-8-18)13(19)9-16-14(20)11-5-3-4-6-12(11)15/h3-6,10,18H,7-9H2,1-2H3,(H,16,20). The maximum atomic E-state index is 12.0. The first kappa shape index (κ1) is 16.7. The maximum absolute atomic E-state index is 12.0.